The Morgan fingerprint density at radius 1 is 1.27 bits per heavy atom. The highest BCUT2D eigenvalue weighted by Gasteiger charge is 2.36. The second-order valence-corrected chi connectivity index (χ2v) is 10.1. The minimum absolute atomic E-state index is 0.00683. The second kappa shape index (κ2) is 6.85. The van der Waals surface area contributed by atoms with Gasteiger partial charge in [0.05, 0.1) is 12.3 Å². The zero-order valence-electron chi connectivity index (χ0n) is 15.9. The maximum atomic E-state index is 12.8. The minimum Gasteiger partial charge on any atom is -0.487 e. The van der Waals surface area contributed by atoms with Crippen LogP contribution in [0.5, 0.6) is 5.75 Å². The van der Waals surface area contributed by atoms with E-state index in [-0.39, 0.29) is 23.5 Å². The van der Waals surface area contributed by atoms with Gasteiger partial charge in [-0.05, 0) is 45.2 Å². The molecule has 144 valence electrons. The van der Waals surface area contributed by atoms with Gasteiger partial charge in [-0.3, -0.25) is 4.79 Å². The maximum absolute atomic E-state index is 12.8. The normalized spacial score (nSPS) is 23.8. The lowest BCUT2D eigenvalue weighted by Crippen LogP contribution is -2.46. The molecule has 2 heterocycles. The summed E-state index contributed by atoms with van der Waals surface area (Å²) < 4.78 is 30.8. The van der Waals surface area contributed by atoms with Crippen LogP contribution in [-0.2, 0) is 14.8 Å². The van der Waals surface area contributed by atoms with Crippen LogP contribution in [0.25, 0.3) is 0 Å². The summed E-state index contributed by atoms with van der Waals surface area (Å²) in [7, 11) is -3.18. The van der Waals surface area contributed by atoms with Crippen molar-refractivity contribution in [3.63, 3.8) is 0 Å². The molecule has 1 fully saturated rings. The van der Waals surface area contributed by atoms with Crippen LogP contribution in [0.4, 0.5) is 0 Å². The van der Waals surface area contributed by atoms with Crippen molar-refractivity contribution in [3.05, 3.63) is 29.3 Å². The van der Waals surface area contributed by atoms with Gasteiger partial charge in [0.15, 0.2) is 0 Å². The Morgan fingerprint density at radius 2 is 1.92 bits per heavy atom. The first-order chi connectivity index (χ1) is 12.0. The third kappa shape index (κ3) is 4.20. The van der Waals surface area contributed by atoms with Crippen LogP contribution in [0.2, 0.25) is 0 Å². The van der Waals surface area contributed by atoms with Gasteiger partial charge in [0.25, 0.3) is 0 Å². The first kappa shape index (κ1) is 19.2. The topological polar surface area (TPSA) is 75.7 Å². The molecule has 26 heavy (non-hydrogen) atoms. The molecule has 7 heteroatoms. The zero-order chi connectivity index (χ0) is 19.1. The molecule has 0 aromatic heterocycles. The van der Waals surface area contributed by atoms with Crippen LogP contribution >= 0.6 is 0 Å². The van der Waals surface area contributed by atoms with Crippen molar-refractivity contribution in [2.75, 3.05) is 19.3 Å². The van der Waals surface area contributed by atoms with Crippen LogP contribution in [0.1, 0.15) is 50.3 Å². The number of fused-ring (bicyclic) bond motifs is 1. The molecule has 1 aromatic carbocycles. The summed E-state index contributed by atoms with van der Waals surface area (Å²) in [6.07, 6.45) is 3.05. The first-order valence-electron chi connectivity index (χ1n) is 9.10. The van der Waals surface area contributed by atoms with Crippen LogP contribution in [0.3, 0.4) is 0 Å². The number of aryl methyl sites for hydroxylation is 1. The van der Waals surface area contributed by atoms with Crippen molar-refractivity contribution in [1.82, 2.24) is 9.62 Å². The summed E-state index contributed by atoms with van der Waals surface area (Å²) in [5.74, 6) is 0.693. The van der Waals surface area contributed by atoms with Crippen molar-refractivity contribution in [2.24, 2.45) is 5.92 Å². The number of rotatable bonds is 3. The van der Waals surface area contributed by atoms with Gasteiger partial charge in [-0.25, -0.2) is 12.7 Å². The average molecular weight is 381 g/mol. The smallest absolute Gasteiger partial charge is 0.223 e. The molecule has 2 aliphatic heterocycles. The number of hydrogen-bond acceptors (Lipinski definition) is 4. The molecule has 3 rings (SSSR count). The maximum Gasteiger partial charge on any atom is 0.223 e. The Morgan fingerprint density at radius 3 is 2.54 bits per heavy atom. The Bertz CT molecular complexity index is 796. The minimum atomic E-state index is -3.18. The summed E-state index contributed by atoms with van der Waals surface area (Å²) in [6.45, 7) is 6.90. The molecule has 0 bridgehead atoms. The molecule has 1 N–H and O–H groups in total. The standard InChI is InChI=1S/C19H28N2O4S/c1-13-5-6-15-16(12-19(2,3)25-17(15)11-13)20-18(22)14-7-9-21(10-8-14)26(4,23)24/h5-6,11,14,16H,7-10,12H2,1-4H3,(H,20,22)/t16-/m1/s1. The third-order valence-electron chi connectivity index (χ3n) is 5.24. The molecule has 0 saturated carbocycles. The number of nitrogens with one attached hydrogen (secondary N) is 1. The molecule has 1 aromatic rings. The SMILES string of the molecule is Cc1ccc2c(c1)OC(C)(C)C[C@H]2NC(=O)C1CCN(S(C)(=O)=O)CC1. The molecule has 0 spiro atoms. The lowest BCUT2D eigenvalue weighted by molar-refractivity contribution is -0.127. The van der Waals surface area contributed by atoms with E-state index in [1.54, 1.807) is 0 Å². The van der Waals surface area contributed by atoms with E-state index < -0.39 is 10.0 Å². The monoisotopic (exact) mass is 380 g/mol. The number of hydrogen-bond donors (Lipinski definition) is 1. The van der Waals surface area contributed by atoms with Crippen LogP contribution in [-0.4, -0.2) is 43.6 Å². The van der Waals surface area contributed by atoms with E-state index in [0.29, 0.717) is 32.4 Å². The molecule has 0 unspecified atom stereocenters. The lowest BCUT2D eigenvalue weighted by atomic mass is 9.88. The number of carbonyl (C=O) groups excluding carboxylic acids is 1. The fourth-order valence-electron chi connectivity index (χ4n) is 3.83. The molecule has 1 atom stereocenters. The Kier molecular flexibility index (Phi) is 5.05. The molecule has 0 aliphatic carbocycles. The van der Waals surface area contributed by atoms with E-state index in [4.69, 9.17) is 4.74 Å². The fourth-order valence-corrected chi connectivity index (χ4v) is 4.70. The van der Waals surface area contributed by atoms with Crippen molar-refractivity contribution < 1.29 is 17.9 Å². The number of ether oxygens (including phenoxy) is 1. The highest BCUT2D eigenvalue weighted by atomic mass is 32.2. The Labute approximate surface area is 156 Å². The highest BCUT2D eigenvalue weighted by molar-refractivity contribution is 7.88. The van der Waals surface area contributed by atoms with E-state index in [9.17, 15) is 13.2 Å². The first-order valence-corrected chi connectivity index (χ1v) is 10.9. The van der Waals surface area contributed by atoms with Gasteiger partial charge in [-0.15, -0.1) is 0 Å². The van der Waals surface area contributed by atoms with Crippen molar-refractivity contribution >= 4 is 15.9 Å². The summed E-state index contributed by atoms with van der Waals surface area (Å²) >= 11 is 0. The Balaban J connectivity index is 1.70. The quantitative estimate of drug-likeness (QED) is 0.874. The number of carbonyl (C=O) groups is 1. The van der Waals surface area contributed by atoms with Gasteiger partial charge in [0.2, 0.25) is 15.9 Å². The van der Waals surface area contributed by atoms with Crippen LogP contribution in [0, 0.1) is 12.8 Å². The largest absolute Gasteiger partial charge is 0.487 e. The third-order valence-corrected chi connectivity index (χ3v) is 6.54. The van der Waals surface area contributed by atoms with Crippen molar-refractivity contribution in [3.8, 4) is 5.75 Å². The molecule has 6 nitrogen and oxygen atoms in total. The van der Waals surface area contributed by atoms with E-state index >= 15 is 0 Å². The highest BCUT2D eigenvalue weighted by Crippen LogP contribution is 2.40. The summed E-state index contributed by atoms with van der Waals surface area (Å²) in [4.78, 5) is 12.8. The Hall–Kier alpha value is -1.60. The average Bonchev–Trinajstić information content (AvgIpc) is 2.52. The van der Waals surface area contributed by atoms with Gasteiger partial charge >= 0.3 is 0 Å². The molecule has 1 amide bonds. The molecule has 1 saturated heterocycles. The number of sulfonamides is 1. The summed E-state index contributed by atoms with van der Waals surface area (Å²) in [5.41, 5.74) is 1.79. The van der Waals surface area contributed by atoms with Crippen molar-refractivity contribution in [2.45, 2.75) is 51.7 Å². The van der Waals surface area contributed by atoms with Gasteiger partial charge in [-0.1, -0.05) is 12.1 Å². The lowest BCUT2D eigenvalue weighted by Gasteiger charge is -2.39. The summed E-state index contributed by atoms with van der Waals surface area (Å²) in [5, 5.41) is 3.19. The van der Waals surface area contributed by atoms with Crippen LogP contribution < -0.4 is 10.1 Å². The van der Waals surface area contributed by atoms with E-state index in [0.717, 1.165) is 16.9 Å². The number of amides is 1. The number of piperidine rings is 1. The van der Waals surface area contributed by atoms with Crippen molar-refractivity contribution in [1.29, 1.82) is 0 Å². The van der Waals surface area contributed by atoms with Gasteiger partial charge < -0.3 is 10.1 Å². The molecular formula is C19H28N2O4S. The number of benzene rings is 1. The van der Waals surface area contributed by atoms with Gasteiger partial charge in [0.1, 0.15) is 11.4 Å². The molecule has 2 aliphatic rings. The zero-order valence-corrected chi connectivity index (χ0v) is 16.7. The second-order valence-electron chi connectivity index (χ2n) is 8.10. The summed E-state index contributed by atoms with van der Waals surface area (Å²) in [6, 6.07) is 5.98. The van der Waals surface area contributed by atoms with E-state index in [1.807, 2.05) is 39.0 Å². The molecular weight excluding hydrogens is 352 g/mol. The predicted molar refractivity (Wildman–Crippen MR) is 101 cm³/mol. The van der Waals surface area contributed by atoms with Gasteiger partial charge in [0, 0.05) is 31.0 Å². The van der Waals surface area contributed by atoms with Gasteiger partial charge in [-0.2, -0.15) is 0 Å². The molecule has 0 radical (unpaired) electrons. The van der Waals surface area contributed by atoms with E-state index in [2.05, 4.69) is 5.32 Å². The van der Waals surface area contributed by atoms with E-state index in [1.165, 1.54) is 10.6 Å². The van der Waals surface area contributed by atoms with Crippen LogP contribution in [0.15, 0.2) is 18.2 Å². The fraction of sp³-hybridized carbons (Fsp3) is 0.632. The predicted octanol–water partition coefficient (Wildman–Crippen LogP) is 2.39. The number of nitrogens with zero attached hydrogens (tertiary/aromatic N) is 1.